The second kappa shape index (κ2) is 14.7. The summed E-state index contributed by atoms with van der Waals surface area (Å²) in [6.07, 6.45) is 1.06. The summed E-state index contributed by atoms with van der Waals surface area (Å²) in [5, 5.41) is 0. The number of rotatable bonds is 11. The van der Waals surface area contributed by atoms with Crippen molar-refractivity contribution in [1.82, 2.24) is 4.90 Å². The summed E-state index contributed by atoms with van der Waals surface area (Å²) in [6.45, 7) is 6.46. The van der Waals surface area contributed by atoms with Gasteiger partial charge in [-0.1, -0.05) is 48.2 Å². The first-order valence-electron chi connectivity index (χ1n) is 11.6. The van der Waals surface area contributed by atoms with Gasteiger partial charge in [-0.15, -0.1) is 0 Å². The van der Waals surface area contributed by atoms with Crippen molar-refractivity contribution in [3.05, 3.63) is 65.2 Å². The van der Waals surface area contributed by atoms with Crippen molar-refractivity contribution in [3.63, 3.8) is 0 Å². The lowest BCUT2D eigenvalue weighted by Crippen LogP contribution is -3.00. The van der Waals surface area contributed by atoms with Crippen LogP contribution in [0, 0.1) is 11.8 Å². The molecular weight excluding hydrogens is 448 g/mol. The number of likely N-dealkylation sites (N-methyl/N-ethyl adjacent to an activating group) is 1. The molecule has 186 valence electrons. The van der Waals surface area contributed by atoms with E-state index >= 15 is 0 Å². The van der Waals surface area contributed by atoms with Gasteiger partial charge >= 0.3 is 5.97 Å². The molecule has 1 atom stereocenters. The Bertz CT molecular complexity index is 946. The van der Waals surface area contributed by atoms with E-state index in [-0.39, 0.29) is 24.8 Å². The predicted octanol–water partition coefficient (Wildman–Crippen LogP) is 1.30. The van der Waals surface area contributed by atoms with Gasteiger partial charge < -0.3 is 26.4 Å². The molecule has 0 unspecified atom stereocenters. The van der Waals surface area contributed by atoms with Crippen LogP contribution in [0.25, 0.3) is 0 Å². The first-order valence-corrected chi connectivity index (χ1v) is 11.6. The highest BCUT2D eigenvalue weighted by Crippen LogP contribution is 2.25. The highest BCUT2D eigenvalue weighted by molar-refractivity contribution is 5.72. The minimum atomic E-state index is -0.264. The van der Waals surface area contributed by atoms with Crippen molar-refractivity contribution >= 4 is 5.97 Å². The fourth-order valence-corrected chi connectivity index (χ4v) is 3.45. The molecule has 0 radical (unpaired) electrons. The third kappa shape index (κ3) is 11.1. The van der Waals surface area contributed by atoms with E-state index in [9.17, 15) is 4.79 Å². The van der Waals surface area contributed by atoms with Crippen molar-refractivity contribution in [1.29, 1.82) is 0 Å². The third-order valence-electron chi connectivity index (χ3n) is 5.28. The van der Waals surface area contributed by atoms with Gasteiger partial charge in [-0.2, -0.15) is 0 Å². The molecule has 0 saturated carbocycles. The Morgan fingerprint density at radius 3 is 2.41 bits per heavy atom. The van der Waals surface area contributed by atoms with E-state index in [0.29, 0.717) is 25.8 Å². The van der Waals surface area contributed by atoms with Crippen LogP contribution >= 0.6 is 0 Å². The molecule has 6 heteroatoms. The summed E-state index contributed by atoms with van der Waals surface area (Å²) in [4.78, 5) is 13.6. The molecule has 0 heterocycles. The number of carbonyl (C=O) groups excluding carboxylic acids is 1. The molecule has 0 aliphatic carbocycles. The lowest BCUT2D eigenvalue weighted by molar-refractivity contribution is -0.884. The molecule has 34 heavy (non-hydrogen) atoms. The molecule has 0 fully saturated rings. The second-order valence-corrected chi connectivity index (χ2v) is 9.47. The Morgan fingerprint density at radius 2 is 1.76 bits per heavy atom. The standard InChI is InChI=1S/C28H39N2O3.ClH/c1-7-32-28(31)15-11-12-18-29(3)23(2)19-25-16-17-27(26(20-25)21-30(4,5)6)33-22-24-13-9-8-10-14-24;/h8-10,13-14,16-17,20,23H,7,15,18-19,21-22H2,1-6H3;1H/q+1;/p-1/t23-;/m1./s1. The number of nitrogens with zero attached hydrogens (tertiary/aromatic N) is 2. The van der Waals surface area contributed by atoms with Crippen LogP contribution in [0.5, 0.6) is 5.75 Å². The molecule has 2 aromatic carbocycles. The number of ether oxygens (including phenoxy) is 2. The first-order chi connectivity index (χ1) is 15.7. The van der Waals surface area contributed by atoms with E-state index in [2.05, 4.69) is 82.2 Å². The average Bonchev–Trinajstić information content (AvgIpc) is 2.76. The molecule has 0 aromatic heterocycles. The summed E-state index contributed by atoms with van der Waals surface area (Å²) in [6, 6.07) is 17.1. The molecule has 0 amide bonds. The van der Waals surface area contributed by atoms with E-state index < -0.39 is 0 Å². The van der Waals surface area contributed by atoms with Gasteiger partial charge in [0.2, 0.25) is 0 Å². The zero-order valence-electron chi connectivity index (χ0n) is 21.4. The Kier molecular flexibility index (Phi) is 12.7. The van der Waals surface area contributed by atoms with Gasteiger partial charge in [-0.05, 0) is 50.6 Å². The van der Waals surface area contributed by atoms with Crippen LogP contribution in [0.1, 0.15) is 37.0 Å². The Labute approximate surface area is 212 Å². The molecule has 0 N–H and O–H groups in total. The lowest BCUT2D eigenvalue weighted by Gasteiger charge is -2.26. The van der Waals surface area contributed by atoms with Gasteiger partial charge in [0, 0.05) is 11.6 Å². The molecular formula is C28H39ClN2O3. The molecule has 0 aliphatic rings. The third-order valence-corrected chi connectivity index (χ3v) is 5.28. The molecule has 2 rings (SSSR count). The number of hydrogen-bond donors (Lipinski definition) is 0. The van der Waals surface area contributed by atoms with Crippen LogP contribution in [0.15, 0.2) is 48.5 Å². The maximum Gasteiger partial charge on any atom is 0.317 e. The number of esters is 1. The highest BCUT2D eigenvalue weighted by atomic mass is 35.5. The number of hydrogen-bond acceptors (Lipinski definition) is 4. The van der Waals surface area contributed by atoms with E-state index in [0.717, 1.165) is 28.8 Å². The average molecular weight is 487 g/mol. The Hall–Kier alpha value is -2.52. The lowest BCUT2D eigenvalue weighted by atomic mass is 10.0. The van der Waals surface area contributed by atoms with Crippen LogP contribution in [-0.2, 0) is 29.1 Å². The number of carbonyl (C=O) groups is 1. The summed E-state index contributed by atoms with van der Waals surface area (Å²) < 4.78 is 11.9. The Morgan fingerprint density at radius 1 is 1.06 bits per heavy atom. The van der Waals surface area contributed by atoms with Crippen molar-refractivity contribution in [2.24, 2.45) is 0 Å². The summed E-state index contributed by atoms with van der Waals surface area (Å²) >= 11 is 0. The van der Waals surface area contributed by atoms with Gasteiger partial charge in [-0.3, -0.25) is 9.69 Å². The number of halogens is 1. The Balaban J connectivity index is 0.00000578. The van der Waals surface area contributed by atoms with E-state index in [1.54, 1.807) is 6.92 Å². The molecule has 0 aliphatic heterocycles. The van der Waals surface area contributed by atoms with Crippen LogP contribution in [0.4, 0.5) is 0 Å². The van der Waals surface area contributed by atoms with Crippen LogP contribution in [0.2, 0.25) is 0 Å². The van der Waals surface area contributed by atoms with Crippen molar-refractivity contribution in [3.8, 4) is 17.6 Å². The number of benzene rings is 2. The number of quaternary nitrogens is 1. The maximum atomic E-state index is 11.4. The van der Waals surface area contributed by atoms with Gasteiger partial charge in [0.15, 0.2) is 0 Å². The fourth-order valence-electron chi connectivity index (χ4n) is 3.45. The summed E-state index contributed by atoms with van der Waals surface area (Å²) in [7, 11) is 8.64. The molecule has 0 bridgehead atoms. The quantitative estimate of drug-likeness (QED) is 0.272. The van der Waals surface area contributed by atoms with Crippen molar-refractivity contribution in [2.75, 3.05) is 41.3 Å². The fraction of sp³-hybridized carbons (Fsp3) is 0.464. The van der Waals surface area contributed by atoms with Crippen LogP contribution in [0.3, 0.4) is 0 Å². The summed E-state index contributed by atoms with van der Waals surface area (Å²) in [5.74, 6) is 6.66. The molecule has 0 saturated heterocycles. The largest absolute Gasteiger partial charge is 1.00 e. The van der Waals surface area contributed by atoms with Crippen LogP contribution < -0.4 is 17.1 Å². The second-order valence-electron chi connectivity index (χ2n) is 9.47. The normalized spacial score (nSPS) is 11.7. The van der Waals surface area contributed by atoms with E-state index in [1.807, 2.05) is 18.2 Å². The smallest absolute Gasteiger partial charge is 0.317 e. The minimum Gasteiger partial charge on any atom is -1.00 e. The van der Waals surface area contributed by atoms with Gasteiger partial charge in [0.05, 0.1) is 34.3 Å². The SMILES string of the molecule is CCOC(=O)CC#CCN(C)[C@H](C)Cc1ccc(OCc2ccccc2)c(C[N+](C)(C)C)c1.[Cl-]. The van der Waals surface area contributed by atoms with Crippen molar-refractivity contribution in [2.45, 2.75) is 45.9 Å². The highest BCUT2D eigenvalue weighted by Gasteiger charge is 2.16. The minimum absolute atomic E-state index is 0. The zero-order valence-corrected chi connectivity index (χ0v) is 22.2. The van der Waals surface area contributed by atoms with Crippen molar-refractivity contribution < 1.29 is 31.2 Å². The molecule has 0 spiro atoms. The maximum absolute atomic E-state index is 11.4. The van der Waals surface area contributed by atoms with Gasteiger partial charge in [0.1, 0.15) is 25.3 Å². The topological polar surface area (TPSA) is 38.8 Å². The molecule has 5 nitrogen and oxygen atoms in total. The first kappa shape index (κ1) is 29.5. The van der Waals surface area contributed by atoms with Crippen LogP contribution in [-0.4, -0.2) is 62.7 Å². The zero-order chi connectivity index (χ0) is 24.3. The van der Waals surface area contributed by atoms with E-state index in [1.165, 1.54) is 11.1 Å². The predicted molar refractivity (Wildman–Crippen MR) is 134 cm³/mol. The molecule has 2 aromatic rings. The summed E-state index contributed by atoms with van der Waals surface area (Å²) in [5.41, 5.74) is 3.67. The monoisotopic (exact) mass is 486 g/mol. The van der Waals surface area contributed by atoms with Gasteiger partial charge in [0.25, 0.3) is 0 Å². The van der Waals surface area contributed by atoms with E-state index in [4.69, 9.17) is 9.47 Å². The van der Waals surface area contributed by atoms with Gasteiger partial charge in [-0.25, -0.2) is 0 Å².